The van der Waals surface area contributed by atoms with Crippen molar-refractivity contribution in [3.8, 4) is 16.5 Å². The van der Waals surface area contributed by atoms with E-state index in [0.29, 0.717) is 31.3 Å². The van der Waals surface area contributed by atoms with Crippen molar-refractivity contribution in [3.63, 3.8) is 0 Å². The van der Waals surface area contributed by atoms with Gasteiger partial charge in [-0.3, -0.25) is 0 Å². The quantitative estimate of drug-likeness (QED) is 0.597. The number of carboxylic acids is 1. The van der Waals surface area contributed by atoms with Gasteiger partial charge in [0.2, 0.25) is 6.39 Å². The van der Waals surface area contributed by atoms with E-state index >= 15 is 0 Å². The summed E-state index contributed by atoms with van der Waals surface area (Å²) in [4.78, 5) is 13.2. The van der Waals surface area contributed by atoms with Gasteiger partial charge in [-0.05, 0) is 43.2 Å². The number of thiophene rings is 1. The maximum absolute atomic E-state index is 11.2. The molecule has 27 heavy (non-hydrogen) atoms. The molecule has 2 heterocycles. The zero-order chi connectivity index (χ0) is 19.2. The van der Waals surface area contributed by atoms with Gasteiger partial charge < -0.3 is 19.0 Å². The predicted octanol–water partition coefficient (Wildman–Crippen LogP) is 3.72. The maximum atomic E-state index is 11.2. The second-order valence-electron chi connectivity index (χ2n) is 5.88. The lowest BCUT2D eigenvalue weighted by Crippen LogP contribution is -2.26. The minimum absolute atomic E-state index is 0.320. The first kappa shape index (κ1) is 19.1. The Bertz CT molecular complexity index is 874. The van der Waals surface area contributed by atoms with E-state index in [1.54, 1.807) is 18.3 Å². The Morgan fingerprint density at radius 2 is 2.11 bits per heavy atom. The van der Waals surface area contributed by atoms with Gasteiger partial charge in [-0.1, -0.05) is 12.1 Å². The molecule has 0 saturated carbocycles. The highest BCUT2D eigenvalue weighted by Crippen LogP contribution is 2.30. The second kappa shape index (κ2) is 8.79. The molecule has 3 rings (SSSR count). The van der Waals surface area contributed by atoms with E-state index in [0.717, 1.165) is 20.9 Å². The van der Waals surface area contributed by atoms with E-state index in [1.807, 2.05) is 37.3 Å². The van der Waals surface area contributed by atoms with Gasteiger partial charge in [0.15, 0.2) is 6.10 Å². The minimum atomic E-state index is -0.956. The smallest absolute Gasteiger partial charge is 0.333 e. The number of carboxylic acid groups (broad SMARTS) is 1. The van der Waals surface area contributed by atoms with Crippen molar-refractivity contribution < 1.29 is 23.8 Å². The van der Waals surface area contributed by atoms with Gasteiger partial charge in [0.1, 0.15) is 12.4 Å². The summed E-state index contributed by atoms with van der Waals surface area (Å²) in [6, 6.07) is 9.38. The molecule has 0 aliphatic rings. The molecular formula is C19H20N2O5S. The van der Waals surface area contributed by atoms with Crippen LogP contribution in [0.4, 0.5) is 0 Å². The molecule has 0 bridgehead atoms. The zero-order valence-electron chi connectivity index (χ0n) is 15.0. The minimum Gasteiger partial charge on any atom is -0.488 e. The van der Waals surface area contributed by atoms with Crippen molar-refractivity contribution in [2.45, 2.75) is 33.0 Å². The molecule has 0 radical (unpaired) electrons. The van der Waals surface area contributed by atoms with Crippen LogP contribution in [0.3, 0.4) is 0 Å². The van der Waals surface area contributed by atoms with Crippen LogP contribution in [0, 0.1) is 6.92 Å². The molecule has 1 aromatic carbocycles. The fraction of sp³-hybridized carbons (Fsp3) is 0.316. The number of aromatic nitrogens is 2. The fourth-order valence-corrected chi connectivity index (χ4v) is 3.57. The Balaban J connectivity index is 1.60. The van der Waals surface area contributed by atoms with Crippen LogP contribution < -0.4 is 4.74 Å². The average Bonchev–Trinajstić information content (AvgIpc) is 3.30. The van der Waals surface area contributed by atoms with Crippen LogP contribution in [0.25, 0.3) is 10.8 Å². The average molecular weight is 388 g/mol. The van der Waals surface area contributed by atoms with Gasteiger partial charge in [0, 0.05) is 17.9 Å². The van der Waals surface area contributed by atoms with Crippen LogP contribution in [0.1, 0.15) is 22.9 Å². The molecule has 3 aromatic rings. The molecule has 0 spiro atoms. The van der Waals surface area contributed by atoms with E-state index in [2.05, 4.69) is 10.2 Å². The lowest BCUT2D eigenvalue weighted by molar-refractivity contribution is -0.149. The van der Waals surface area contributed by atoms with Crippen LogP contribution in [0.5, 0.6) is 5.75 Å². The van der Waals surface area contributed by atoms with Gasteiger partial charge in [0.05, 0.1) is 4.88 Å². The highest BCUT2D eigenvalue weighted by Gasteiger charge is 2.18. The Hall–Kier alpha value is -2.71. The highest BCUT2D eigenvalue weighted by molar-refractivity contribution is 7.15. The van der Waals surface area contributed by atoms with Gasteiger partial charge in [-0.2, -0.15) is 0 Å². The largest absolute Gasteiger partial charge is 0.488 e. The van der Waals surface area contributed by atoms with E-state index in [4.69, 9.17) is 19.0 Å². The summed E-state index contributed by atoms with van der Waals surface area (Å²) in [5, 5.41) is 16.8. The third-order valence-corrected chi connectivity index (χ3v) is 5.15. The SMILES string of the molecule is CCOC(Cc1ccc(OCc2sc(-c3nnco3)cc2C)cc1)C(=O)O. The molecule has 2 aromatic heterocycles. The van der Waals surface area contributed by atoms with E-state index in [9.17, 15) is 4.79 Å². The molecular weight excluding hydrogens is 368 g/mol. The number of hydrogen-bond acceptors (Lipinski definition) is 7. The lowest BCUT2D eigenvalue weighted by Gasteiger charge is -2.13. The standard InChI is InChI=1S/C19H20N2O5S/c1-3-24-15(19(22)23)9-13-4-6-14(7-5-13)25-10-17-12(2)8-16(27-17)18-21-20-11-26-18/h4-8,11,15H,3,9-10H2,1-2H3,(H,22,23). The van der Waals surface area contributed by atoms with Crippen LogP contribution >= 0.6 is 11.3 Å². The third kappa shape index (κ3) is 4.93. The van der Waals surface area contributed by atoms with E-state index < -0.39 is 12.1 Å². The monoisotopic (exact) mass is 388 g/mol. The summed E-state index contributed by atoms with van der Waals surface area (Å²) in [6.45, 7) is 4.59. The number of rotatable bonds is 9. The Morgan fingerprint density at radius 1 is 1.33 bits per heavy atom. The number of hydrogen-bond donors (Lipinski definition) is 1. The summed E-state index contributed by atoms with van der Waals surface area (Å²) >= 11 is 1.55. The molecule has 1 atom stereocenters. The van der Waals surface area contributed by atoms with Gasteiger partial charge in [-0.15, -0.1) is 21.5 Å². The van der Waals surface area contributed by atoms with Crippen LogP contribution in [0.15, 0.2) is 41.1 Å². The van der Waals surface area contributed by atoms with Crippen LogP contribution in [-0.4, -0.2) is 34.0 Å². The summed E-state index contributed by atoms with van der Waals surface area (Å²) in [5.41, 5.74) is 1.99. The van der Waals surface area contributed by atoms with Gasteiger partial charge >= 0.3 is 5.97 Å². The molecule has 8 heteroatoms. The number of nitrogens with zero attached hydrogens (tertiary/aromatic N) is 2. The summed E-state index contributed by atoms with van der Waals surface area (Å²) in [5.74, 6) is 0.262. The Kier molecular flexibility index (Phi) is 6.20. The van der Waals surface area contributed by atoms with Crippen molar-refractivity contribution in [2.24, 2.45) is 0 Å². The zero-order valence-corrected chi connectivity index (χ0v) is 15.9. The van der Waals surface area contributed by atoms with Crippen molar-refractivity contribution in [2.75, 3.05) is 6.61 Å². The molecule has 7 nitrogen and oxygen atoms in total. The fourth-order valence-electron chi connectivity index (χ4n) is 2.55. The number of aryl methyl sites for hydroxylation is 1. The molecule has 0 fully saturated rings. The number of aliphatic carboxylic acids is 1. The molecule has 0 aliphatic carbocycles. The molecule has 0 amide bonds. The van der Waals surface area contributed by atoms with Gasteiger partial charge in [-0.25, -0.2) is 4.79 Å². The molecule has 0 aliphatic heterocycles. The van der Waals surface area contributed by atoms with Crippen molar-refractivity contribution in [3.05, 3.63) is 52.7 Å². The first-order chi connectivity index (χ1) is 13.1. The summed E-state index contributed by atoms with van der Waals surface area (Å²) < 4.78 is 16.3. The summed E-state index contributed by atoms with van der Waals surface area (Å²) in [6.07, 6.45) is 0.794. The van der Waals surface area contributed by atoms with E-state index in [1.165, 1.54) is 6.39 Å². The molecule has 1 unspecified atom stereocenters. The van der Waals surface area contributed by atoms with Crippen LogP contribution in [0.2, 0.25) is 0 Å². The number of ether oxygens (including phenoxy) is 2. The van der Waals surface area contributed by atoms with Gasteiger partial charge in [0.25, 0.3) is 5.89 Å². The Labute approximate surface area is 160 Å². The van der Waals surface area contributed by atoms with E-state index in [-0.39, 0.29) is 0 Å². The topological polar surface area (TPSA) is 94.7 Å². The second-order valence-corrected chi connectivity index (χ2v) is 7.02. The maximum Gasteiger partial charge on any atom is 0.333 e. The molecule has 142 valence electrons. The number of carbonyl (C=O) groups is 1. The van der Waals surface area contributed by atoms with Crippen molar-refractivity contribution in [1.82, 2.24) is 10.2 Å². The van der Waals surface area contributed by atoms with Crippen LogP contribution in [-0.2, 0) is 22.6 Å². The third-order valence-electron chi connectivity index (χ3n) is 3.95. The normalized spacial score (nSPS) is 12.1. The Morgan fingerprint density at radius 3 is 2.74 bits per heavy atom. The highest BCUT2D eigenvalue weighted by atomic mass is 32.1. The lowest BCUT2D eigenvalue weighted by atomic mass is 10.1. The van der Waals surface area contributed by atoms with Crippen molar-refractivity contribution >= 4 is 17.3 Å². The first-order valence-corrected chi connectivity index (χ1v) is 9.30. The first-order valence-electron chi connectivity index (χ1n) is 8.48. The molecule has 0 saturated heterocycles. The summed E-state index contributed by atoms with van der Waals surface area (Å²) in [7, 11) is 0. The predicted molar refractivity (Wildman–Crippen MR) is 99.9 cm³/mol. The molecule has 1 N–H and O–H groups in total. The number of benzene rings is 1. The van der Waals surface area contributed by atoms with Crippen molar-refractivity contribution in [1.29, 1.82) is 0 Å².